The van der Waals surface area contributed by atoms with Crippen molar-refractivity contribution < 1.29 is 10.2 Å². The Balaban J connectivity index is 2.35. The van der Waals surface area contributed by atoms with Crippen LogP contribution in [0.15, 0.2) is 0 Å². The minimum atomic E-state index is -0.732. The van der Waals surface area contributed by atoms with E-state index in [1.165, 1.54) is 0 Å². The molecule has 9 heavy (non-hydrogen) atoms. The Morgan fingerprint density at radius 2 is 2.22 bits per heavy atom. The van der Waals surface area contributed by atoms with E-state index >= 15 is 0 Å². The van der Waals surface area contributed by atoms with E-state index < -0.39 is 6.23 Å². The quantitative estimate of drug-likeness (QED) is 0.328. The maximum absolute atomic E-state index is 10.7. The molecule has 1 aliphatic rings. The molecule has 0 amide bonds. The van der Waals surface area contributed by atoms with Gasteiger partial charge in [0.1, 0.15) is 0 Å². The maximum Gasteiger partial charge on any atom is 0.188 e. The number of aliphatic hydroxyl groups is 1. The molecule has 4 heteroatoms. The first kappa shape index (κ1) is 6.95. The second-order valence-corrected chi connectivity index (χ2v) is 2.52. The van der Waals surface area contributed by atoms with E-state index in [1.54, 1.807) is 0 Å². The highest BCUT2D eigenvalue weighted by molar-refractivity contribution is 4.64. The predicted molar refractivity (Wildman–Crippen MR) is 32.4 cm³/mol. The van der Waals surface area contributed by atoms with Crippen molar-refractivity contribution in [3.8, 4) is 0 Å². The van der Waals surface area contributed by atoms with Gasteiger partial charge >= 0.3 is 0 Å². The van der Waals surface area contributed by atoms with Gasteiger partial charge in [0.05, 0.1) is 12.6 Å². The molecule has 0 spiro atoms. The topological polar surface area (TPSA) is 73.8 Å². The van der Waals surface area contributed by atoms with E-state index in [9.17, 15) is 5.21 Å². The fraction of sp³-hybridized carbons (Fsp3) is 1.00. The number of piperidine rings is 1. The summed E-state index contributed by atoms with van der Waals surface area (Å²) in [6, 6.07) is -0.0131. The van der Waals surface area contributed by atoms with Crippen molar-refractivity contribution in [3.05, 3.63) is 5.21 Å². The van der Waals surface area contributed by atoms with Crippen LogP contribution >= 0.6 is 0 Å². The van der Waals surface area contributed by atoms with Gasteiger partial charge < -0.3 is 21.1 Å². The van der Waals surface area contributed by atoms with Crippen LogP contribution < -0.4 is 10.8 Å². The molecule has 0 aromatic heterocycles. The Kier molecular flexibility index (Phi) is 2.02. The highest BCUT2D eigenvalue weighted by Gasteiger charge is 2.21. The summed E-state index contributed by atoms with van der Waals surface area (Å²) in [6.45, 7) is 0.348. The molecule has 1 heterocycles. The molecule has 0 radical (unpaired) electrons. The van der Waals surface area contributed by atoms with Crippen molar-refractivity contribution in [1.29, 1.82) is 0 Å². The van der Waals surface area contributed by atoms with Crippen LogP contribution in [0.3, 0.4) is 0 Å². The van der Waals surface area contributed by atoms with Crippen LogP contribution in [-0.2, 0) is 0 Å². The largest absolute Gasteiger partial charge is 0.632 e. The Morgan fingerprint density at radius 1 is 1.56 bits per heavy atom. The van der Waals surface area contributed by atoms with E-state index in [1.807, 2.05) is 0 Å². The first-order chi connectivity index (χ1) is 4.20. The number of aliphatic hydroxyl groups excluding tert-OH is 1. The Bertz CT molecular complexity index is 99.0. The summed E-state index contributed by atoms with van der Waals surface area (Å²) in [7, 11) is 0. The van der Waals surface area contributed by atoms with E-state index in [4.69, 9.17) is 10.8 Å². The van der Waals surface area contributed by atoms with Crippen molar-refractivity contribution in [1.82, 2.24) is 0 Å². The fourth-order valence-electron chi connectivity index (χ4n) is 1.03. The first-order valence-electron chi connectivity index (χ1n) is 3.16. The van der Waals surface area contributed by atoms with E-state index in [0.29, 0.717) is 13.0 Å². The highest BCUT2D eigenvalue weighted by Crippen LogP contribution is 1.98. The monoisotopic (exact) mass is 132 g/mol. The van der Waals surface area contributed by atoms with Crippen molar-refractivity contribution in [2.24, 2.45) is 5.73 Å². The maximum atomic E-state index is 10.7. The number of nitrogens with two attached hydrogens (primary N) is 1. The molecule has 0 aliphatic carbocycles. The van der Waals surface area contributed by atoms with Crippen molar-refractivity contribution in [3.63, 3.8) is 0 Å². The van der Waals surface area contributed by atoms with Crippen LogP contribution in [0.1, 0.15) is 12.8 Å². The fourth-order valence-corrected chi connectivity index (χ4v) is 1.03. The van der Waals surface area contributed by atoms with Crippen molar-refractivity contribution in [2.75, 3.05) is 6.54 Å². The zero-order valence-electron chi connectivity index (χ0n) is 5.21. The molecule has 1 rings (SSSR count). The molecule has 3 atom stereocenters. The van der Waals surface area contributed by atoms with Gasteiger partial charge in [-0.25, -0.2) is 0 Å². The Hall–Kier alpha value is -0.160. The summed E-state index contributed by atoms with van der Waals surface area (Å²) >= 11 is 0. The highest BCUT2D eigenvalue weighted by atomic mass is 16.5. The van der Waals surface area contributed by atoms with Crippen molar-refractivity contribution >= 4 is 0 Å². The standard InChI is InChI=1S/C5H12N2O2/c6-4-1-2-5(8)7(9)3-4/h4-5,7-8H,1-3,6H2. The zero-order valence-corrected chi connectivity index (χ0v) is 5.21. The van der Waals surface area contributed by atoms with Gasteiger partial charge in [-0.3, -0.25) is 0 Å². The molecule has 0 aromatic rings. The molecule has 1 saturated heterocycles. The normalized spacial score (nSPS) is 45.0. The Morgan fingerprint density at radius 3 is 2.67 bits per heavy atom. The van der Waals surface area contributed by atoms with Crippen LogP contribution in [0.5, 0.6) is 0 Å². The second kappa shape index (κ2) is 2.62. The van der Waals surface area contributed by atoms with Crippen LogP contribution in [0.25, 0.3) is 0 Å². The third kappa shape index (κ3) is 1.62. The summed E-state index contributed by atoms with van der Waals surface area (Å²) in [5.74, 6) is 0. The summed E-state index contributed by atoms with van der Waals surface area (Å²) < 4.78 is 0. The molecule has 1 fully saturated rings. The SMILES string of the molecule is NC1CCC(O)[NH+]([O-])C1. The van der Waals surface area contributed by atoms with Gasteiger partial charge in [0.15, 0.2) is 6.23 Å². The second-order valence-electron chi connectivity index (χ2n) is 2.52. The summed E-state index contributed by atoms with van der Waals surface area (Å²) in [4.78, 5) is 0. The average molecular weight is 132 g/mol. The Labute approximate surface area is 53.8 Å². The molecule has 1 aliphatic heterocycles. The van der Waals surface area contributed by atoms with Crippen LogP contribution in [0.4, 0.5) is 0 Å². The minimum absolute atomic E-state index is 0.0131. The first-order valence-corrected chi connectivity index (χ1v) is 3.16. The van der Waals surface area contributed by atoms with E-state index in [-0.39, 0.29) is 11.1 Å². The summed E-state index contributed by atoms with van der Waals surface area (Å²) in [5, 5.41) is 19.5. The van der Waals surface area contributed by atoms with Gasteiger partial charge in [-0.2, -0.15) is 0 Å². The van der Waals surface area contributed by atoms with E-state index in [2.05, 4.69) is 0 Å². The average Bonchev–Trinajstić information content (AvgIpc) is 1.80. The third-order valence-electron chi connectivity index (χ3n) is 1.65. The lowest BCUT2D eigenvalue weighted by Crippen LogP contribution is -3.14. The number of hydrogen-bond donors (Lipinski definition) is 3. The number of rotatable bonds is 0. The molecule has 4 N–H and O–H groups in total. The minimum Gasteiger partial charge on any atom is -0.632 e. The summed E-state index contributed by atoms with van der Waals surface area (Å²) in [6.07, 6.45) is 0.581. The van der Waals surface area contributed by atoms with Gasteiger partial charge in [-0.1, -0.05) is 0 Å². The van der Waals surface area contributed by atoms with Crippen LogP contribution in [0, 0.1) is 5.21 Å². The molecule has 3 unspecified atom stereocenters. The molecule has 0 aromatic carbocycles. The molecular formula is C5H12N2O2. The van der Waals surface area contributed by atoms with Gasteiger partial charge in [0.2, 0.25) is 0 Å². The molecule has 0 saturated carbocycles. The molecular weight excluding hydrogens is 120 g/mol. The lowest BCUT2D eigenvalue weighted by atomic mass is 10.1. The van der Waals surface area contributed by atoms with Gasteiger partial charge in [-0.05, 0) is 6.42 Å². The number of hydroxylamine groups is 2. The van der Waals surface area contributed by atoms with Gasteiger partial charge in [-0.15, -0.1) is 0 Å². The lowest BCUT2D eigenvalue weighted by molar-refractivity contribution is -0.906. The van der Waals surface area contributed by atoms with Crippen LogP contribution in [0.2, 0.25) is 0 Å². The lowest BCUT2D eigenvalue weighted by Gasteiger charge is -2.34. The smallest absolute Gasteiger partial charge is 0.188 e. The molecule has 4 nitrogen and oxygen atoms in total. The molecule has 0 bridgehead atoms. The zero-order chi connectivity index (χ0) is 6.85. The predicted octanol–water partition coefficient (Wildman–Crippen LogP) is -2.19. The number of quaternary nitrogens is 1. The van der Waals surface area contributed by atoms with Gasteiger partial charge in [0.25, 0.3) is 0 Å². The summed E-state index contributed by atoms with van der Waals surface area (Å²) in [5.41, 5.74) is 5.46. The number of nitrogens with one attached hydrogen (secondary N) is 1. The molecule has 54 valence electrons. The third-order valence-corrected chi connectivity index (χ3v) is 1.65. The van der Waals surface area contributed by atoms with Crippen molar-refractivity contribution in [2.45, 2.75) is 25.1 Å². The van der Waals surface area contributed by atoms with Gasteiger partial charge in [0, 0.05) is 6.42 Å². The number of hydrogen-bond acceptors (Lipinski definition) is 3. The van der Waals surface area contributed by atoms with E-state index in [0.717, 1.165) is 6.42 Å². The van der Waals surface area contributed by atoms with Crippen LogP contribution in [-0.4, -0.2) is 23.9 Å².